The summed E-state index contributed by atoms with van der Waals surface area (Å²) in [6, 6.07) is 11.2. The van der Waals surface area contributed by atoms with Gasteiger partial charge in [0.05, 0.1) is 11.6 Å². The largest absolute Gasteiger partial charge is 0.413 e. The van der Waals surface area contributed by atoms with Crippen molar-refractivity contribution in [1.29, 1.82) is 5.26 Å². The molecule has 0 saturated heterocycles. The first-order chi connectivity index (χ1) is 7.64. The van der Waals surface area contributed by atoms with Crippen LogP contribution in [0.5, 0.6) is 0 Å². The Labute approximate surface area is 118 Å². The molecule has 8 nitrogen and oxygen atoms in total. The quantitative estimate of drug-likeness (QED) is 0.576. The summed E-state index contributed by atoms with van der Waals surface area (Å²) in [6.07, 6.45) is 0. The number of nitrogens with zero attached hydrogens (tertiary/aromatic N) is 1. The van der Waals surface area contributed by atoms with Gasteiger partial charge in [-0.1, -0.05) is 18.2 Å². The second-order valence-corrected chi connectivity index (χ2v) is 4.66. The van der Waals surface area contributed by atoms with Crippen LogP contribution >= 0.6 is 0 Å². The SMILES string of the molecule is N#Cc1ccccc1.O=S(=O)(O)OS(=O)(=O)O.[Pt]. The summed E-state index contributed by atoms with van der Waals surface area (Å²) >= 11 is 0. The monoisotopic (exact) mass is 476 g/mol. The summed E-state index contributed by atoms with van der Waals surface area (Å²) in [4.78, 5) is 0. The summed E-state index contributed by atoms with van der Waals surface area (Å²) < 4.78 is 55.6. The van der Waals surface area contributed by atoms with Crippen LogP contribution in [0.25, 0.3) is 0 Å². The van der Waals surface area contributed by atoms with Crippen molar-refractivity contribution in [3.8, 4) is 6.07 Å². The Morgan fingerprint density at radius 1 is 1.00 bits per heavy atom. The normalized spacial score (nSPS) is 10.3. The summed E-state index contributed by atoms with van der Waals surface area (Å²) in [7, 11) is -10.2. The number of rotatable bonds is 2. The van der Waals surface area contributed by atoms with Gasteiger partial charge in [-0.15, -0.1) is 3.63 Å². The van der Waals surface area contributed by atoms with E-state index in [-0.39, 0.29) is 21.1 Å². The van der Waals surface area contributed by atoms with E-state index in [1.165, 1.54) is 0 Å². The third-order valence-corrected chi connectivity index (χ3v) is 2.45. The number of hydrogen-bond acceptors (Lipinski definition) is 6. The van der Waals surface area contributed by atoms with Gasteiger partial charge in [0.15, 0.2) is 0 Å². The van der Waals surface area contributed by atoms with Crippen LogP contribution in [-0.2, 0) is 45.5 Å². The van der Waals surface area contributed by atoms with Gasteiger partial charge < -0.3 is 0 Å². The Morgan fingerprint density at radius 2 is 1.39 bits per heavy atom. The summed E-state index contributed by atoms with van der Waals surface area (Å²) in [5.74, 6) is 0. The van der Waals surface area contributed by atoms with Crippen LogP contribution in [-0.4, -0.2) is 25.9 Å². The van der Waals surface area contributed by atoms with E-state index in [0.717, 1.165) is 0 Å². The van der Waals surface area contributed by atoms with E-state index in [2.05, 4.69) is 3.63 Å². The molecule has 1 aromatic carbocycles. The van der Waals surface area contributed by atoms with Gasteiger partial charge in [0, 0.05) is 21.1 Å². The molecule has 0 aliphatic heterocycles. The van der Waals surface area contributed by atoms with E-state index in [1.807, 2.05) is 24.3 Å². The average molecular weight is 476 g/mol. The van der Waals surface area contributed by atoms with Crippen molar-refractivity contribution in [3.63, 3.8) is 0 Å². The maximum atomic E-state index is 9.44. The van der Waals surface area contributed by atoms with Crippen LogP contribution in [0.4, 0.5) is 0 Å². The minimum Gasteiger partial charge on any atom is -0.263 e. The van der Waals surface area contributed by atoms with Crippen LogP contribution in [0.1, 0.15) is 5.56 Å². The standard InChI is InChI=1S/C7H5N.H2O7S2.Pt/c8-6-7-4-2-1-3-5-7;1-8(2,3)7-9(4,5)6;/h1-5H;(H,1,2,3)(H,4,5,6);. The fourth-order valence-electron chi connectivity index (χ4n) is 0.621. The molecule has 0 amide bonds. The van der Waals surface area contributed by atoms with Gasteiger partial charge in [-0.25, -0.2) is 0 Å². The molecule has 0 heterocycles. The van der Waals surface area contributed by atoms with E-state index in [1.54, 1.807) is 12.1 Å². The zero-order valence-corrected chi connectivity index (χ0v) is 12.3. The molecule has 1 rings (SSSR count). The molecule has 104 valence electrons. The molecule has 18 heavy (non-hydrogen) atoms. The average Bonchev–Trinajstić information content (AvgIpc) is 2.14. The van der Waals surface area contributed by atoms with Crippen LogP contribution in [0, 0.1) is 11.3 Å². The molecule has 0 unspecified atom stereocenters. The molecule has 0 saturated carbocycles. The Balaban J connectivity index is 0. The fraction of sp³-hybridized carbons (Fsp3) is 0. The molecule has 0 aromatic heterocycles. The zero-order chi connectivity index (χ0) is 13.5. The Bertz CT molecular complexity index is 560. The Kier molecular flexibility index (Phi) is 9.01. The molecule has 0 aliphatic rings. The first-order valence-corrected chi connectivity index (χ1v) is 6.48. The molecule has 0 radical (unpaired) electrons. The predicted molar refractivity (Wildman–Crippen MR) is 55.3 cm³/mol. The van der Waals surface area contributed by atoms with Crippen molar-refractivity contribution in [2.24, 2.45) is 0 Å². The van der Waals surface area contributed by atoms with Crippen molar-refractivity contribution in [1.82, 2.24) is 0 Å². The minimum atomic E-state index is -5.12. The van der Waals surface area contributed by atoms with E-state index < -0.39 is 20.8 Å². The van der Waals surface area contributed by atoms with Crippen LogP contribution in [0.2, 0.25) is 0 Å². The van der Waals surface area contributed by atoms with Crippen molar-refractivity contribution in [2.45, 2.75) is 0 Å². The van der Waals surface area contributed by atoms with Gasteiger partial charge in [0.1, 0.15) is 0 Å². The third kappa shape index (κ3) is 13.2. The molecule has 0 bridgehead atoms. The van der Waals surface area contributed by atoms with Gasteiger partial charge in [-0.2, -0.15) is 22.1 Å². The molecule has 0 spiro atoms. The van der Waals surface area contributed by atoms with Crippen molar-refractivity contribution in [3.05, 3.63) is 35.9 Å². The summed E-state index contributed by atoms with van der Waals surface area (Å²) in [5, 5.41) is 8.29. The van der Waals surface area contributed by atoms with Crippen LogP contribution < -0.4 is 0 Å². The minimum absolute atomic E-state index is 0. The van der Waals surface area contributed by atoms with Crippen molar-refractivity contribution < 1.29 is 50.6 Å². The number of benzene rings is 1. The molecule has 0 atom stereocenters. The molecule has 0 fully saturated rings. The summed E-state index contributed by atoms with van der Waals surface area (Å²) in [5.41, 5.74) is 0.715. The van der Waals surface area contributed by atoms with Gasteiger partial charge >= 0.3 is 20.8 Å². The number of nitriles is 1. The Morgan fingerprint density at radius 3 is 1.56 bits per heavy atom. The van der Waals surface area contributed by atoms with Gasteiger partial charge in [-0.05, 0) is 12.1 Å². The van der Waals surface area contributed by atoms with Crippen LogP contribution in [0.15, 0.2) is 30.3 Å². The zero-order valence-electron chi connectivity index (χ0n) is 8.40. The van der Waals surface area contributed by atoms with Crippen LogP contribution in [0.3, 0.4) is 0 Å². The molecule has 2 N–H and O–H groups in total. The van der Waals surface area contributed by atoms with Gasteiger partial charge in [0.2, 0.25) is 0 Å². The predicted octanol–water partition coefficient (Wildman–Crippen LogP) is 0.164. The first kappa shape index (κ1) is 19.5. The molecule has 0 aliphatic carbocycles. The summed E-state index contributed by atoms with van der Waals surface area (Å²) in [6.45, 7) is 0. The fourth-order valence-corrected chi connectivity index (χ4v) is 1.49. The van der Waals surface area contributed by atoms with Crippen molar-refractivity contribution in [2.75, 3.05) is 0 Å². The second kappa shape index (κ2) is 8.31. The molecule has 1 aromatic rings. The van der Waals surface area contributed by atoms with E-state index in [4.69, 9.17) is 14.4 Å². The molecule has 11 heteroatoms. The maximum absolute atomic E-state index is 9.44. The van der Waals surface area contributed by atoms with E-state index in [9.17, 15) is 16.8 Å². The third-order valence-electron chi connectivity index (χ3n) is 1.07. The molecular formula is C7H7NO7PtS2. The molecular weight excluding hydrogens is 469 g/mol. The van der Waals surface area contributed by atoms with Gasteiger partial charge in [-0.3, -0.25) is 9.11 Å². The Hall–Kier alpha value is -0.822. The van der Waals surface area contributed by atoms with E-state index in [0.29, 0.717) is 5.56 Å². The van der Waals surface area contributed by atoms with E-state index >= 15 is 0 Å². The van der Waals surface area contributed by atoms with Gasteiger partial charge in [0.25, 0.3) is 0 Å². The first-order valence-electron chi connectivity index (χ1n) is 3.75. The smallest absolute Gasteiger partial charge is 0.263 e. The second-order valence-electron chi connectivity index (χ2n) is 2.40. The topological polar surface area (TPSA) is 142 Å². The number of hydrogen-bond donors (Lipinski definition) is 2. The van der Waals surface area contributed by atoms with Crippen molar-refractivity contribution >= 4 is 20.8 Å². The maximum Gasteiger partial charge on any atom is 0.413 e.